The van der Waals surface area contributed by atoms with Crippen molar-refractivity contribution in [1.82, 2.24) is 14.8 Å². The molecule has 1 fully saturated rings. The molecule has 1 atom stereocenters. The maximum Gasteiger partial charge on any atom is 0.234 e. The number of ether oxygens (including phenoxy) is 3. The molecule has 0 bridgehead atoms. The van der Waals surface area contributed by atoms with E-state index in [1.807, 2.05) is 4.57 Å². The molecule has 32 heavy (non-hydrogen) atoms. The molecule has 2 aliphatic heterocycles. The van der Waals surface area contributed by atoms with Crippen LogP contribution < -0.4 is 14.8 Å². The number of anilines is 1. The molecule has 3 heterocycles. The first-order valence-corrected chi connectivity index (χ1v) is 11.3. The molecular formula is C22H21FN4O4S. The van der Waals surface area contributed by atoms with Gasteiger partial charge in [0, 0.05) is 23.9 Å². The van der Waals surface area contributed by atoms with Crippen molar-refractivity contribution in [3.8, 4) is 22.9 Å². The summed E-state index contributed by atoms with van der Waals surface area (Å²) in [7, 11) is 0. The van der Waals surface area contributed by atoms with E-state index >= 15 is 0 Å². The van der Waals surface area contributed by atoms with Gasteiger partial charge in [-0.2, -0.15) is 0 Å². The van der Waals surface area contributed by atoms with Gasteiger partial charge in [-0.3, -0.25) is 9.36 Å². The van der Waals surface area contributed by atoms with Gasteiger partial charge < -0.3 is 19.5 Å². The summed E-state index contributed by atoms with van der Waals surface area (Å²) < 4.78 is 31.7. The first-order valence-electron chi connectivity index (χ1n) is 10.3. The van der Waals surface area contributed by atoms with Gasteiger partial charge >= 0.3 is 0 Å². The number of nitrogens with zero attached hydrogens (tertiary/aromatic N) is 3. The van der Waals surface area contributed by atoms with E-state index in [4.69, 9.17) is 14.2 Å². The van der Waals surface area contributed by atoms with Crippen LogP contribution in [0.25, 0.3) is 11.4 Å². The SMILES string of the molecule is O=C(CSc1nnc(-c2ccc(F)cc2)n1C[C@H]1CCCO1)Nc1ccc2c(c1)OCO2. The lowest BCUT2D eigenvalue weighted by molar-refractivity contribution is -0.113. The molecule has 3 aromatic rings. The van der Waals surface area contributed by atoms with Crippen LogP contribution in [0.1, 0.15) is 12.8 Å². The third-order valence-electron chi connectivity index (χ3n) is 5.22. The van der Waals surface area contributed by atoms with E-state index in [0.29, 0.717) is 34.7 Å². The Labute approximate surface area is 188 Å². The maximum absolute atomic E-state index is 13.4. The molecule has 1 N–H and O–H groups in total. The Morgan fingerprint density at radius 3 is 2.81 bits per heavy atom. The molecule has 0 aliphatic carbocycles. The molecule has 1 aromatic heterocycles. The normalized spacial score (nSPS) is 17.0. The molecule has 0 saturated carbocycles. The second-order valence-electron chi connectivity index (χ2n) is 7.46. The van der Waals surface area contributed by atoms with Crippen LogP contribution in [0.4, 0.5) is 10.1 Å². The van der Waals surface area contributed by atoms with Crippen LogP contribution in [0.2, 0.25) is 0 Å². The molecule has 0 radical (unpaired) electrons. The van der Waals surface area contributed by atoms with E-state index < -0.39 is 0 Å². The zero-order valence-corrected chi connectivity index (χ0v) is 17.9. The minimum Gasteiger partial charge on any atom is -0.454 e. The van der Waals surface area contributed by atoms with Crippen molar-refractivity contribution < 1.29 is 23.4 Å². The molecule has 2 aromatic carbocycles. The zero-order valence-electron chi connectivity index (χ0n) is 17.1. The van der Waals surface area contributed by atoms with E-state index in [1.54, 1.807) is 30.3 Å². The minimum atomic E-state index is -0.311. The molecule has 1 amide bonds. The molecule has 0 spiro atoms. The fraction of sp³-hybridized carbons (Fsp3) is 0.318. The number of fused-ring (bicyclic) bond motifs is 1. The maximum atomic E-state index is 13.4. The van der Waals surface area contributed by atoms with E-state index in [-0.39, 0.29) is 30.4 Å². The molecule has 8 nitrogen and oxygen atoms in total. The van der Waals surface area contributed by atoms with Gasteiger partial charge in [0.15, 0.2) is 22.5 Å². The number of carbonyl (C=O) groups is 1. The second-order valence-corrected chi connectivity index (χ2v) is 8.41. The van der Waals surface area contributed by atoms with Crippen LogP contribution in [-0.4, -0.2) is 45.9 Å². The molecule has 2 aliphatic rings. The summed E-state index contributed by atoms with van der Waals surface area (Å²) in [4.78, 5) is 12.5. The summed E-state index contributed by atoms with van der Waals surface area (Å²) in [6, 6.07) is 11.4. The van der Waals surface area contributed by atoms with E-state index in [1.165, 1.54) is 23.9 Å². The van der Waals surface area contributed by atoms with Crippen molar-refractivity contribution in [1.29, 1.82) is 0 Å². The molecule has 0 unspecified atom stereocenters. The third-order valence-corrected chi connectivity index (χ3v) is 6.18. The second kappa shape index (κ2) is 9.17. The largest absolute Gasteiger partial charge is 0.454 e. The van der Waals surface area contributed by atoms with Crippen molar-refractivity contribution >= 4 is 23.4 Å². The van der Waals surface area contributed by atoms with Crippen LogP contribution >= 0.6 is 11.8 Å². The monoisotopic (exact) mass is 456 g/mol. The van der Waals surface area contributed by atoms with Gasteiger partial charge in [0.25, 0.3) is 0 Å². The summed E-state index contributed by atoms with van der Waals surface area (Å²) in [5.41, 5.74) is 1.39. The molecule has 5 rings (SSSR count). The van der Waals surface area contributed by atoms with Crippen molar-refractivity contribution in [2.45, 2.75) is 30.6 Å². The van der Waals surface area contributed by atoms with Gasteiger partial charge in [-0.05, 0) is 49.2 Å². The van der Waals surface area contributed by atoms with Crippen LogP contribution in [-0.2, 0) is 16.1 Å². The highest BCUT2D eigenvalue weighted by molar-refractivity contribution is 7.99. The van der Waals surface area contributed by atoms with E-state index in [0.717, 1.165) is 25.0 Å². The lowest BCUT2D eigenvalue weighted by Gasteiger charge is -2.14. The highest BCUT2D eigenvalue weighted by atomic mass is 32.2. The van der Waals surface area contributed by atoms with Gasteiger partial charge in [-0.1, -0.05) is 11.8 Å². The smallest absolute Gasteiger partial charge is 0.234 e. The zero-order chi connectivity index (χ0) is 21.9. The van der Waals surface area contributed by atoms with Crippen LogP contribution in [0.15, 0.2) is 47.6 Å². The van der Waals surface area contributed by atoms with Gasteiger partial charge in [-0.15, -0.1) is 10.2 Å². The number of thioether (sulfide) groups is 1. The predicted molar refractivity (Wildman–Crippen MR) is 116 cm³/mol. The van der Waals surface area contributed by atoms with Gasteiger partial charge in [0.2, 0.25) is 12.7 Å². The third kappa shape index (κ3) is 4.56. The molecular weight excluding hydrogens is 435 g/mol. The fourth-order valence-electron chi connectivity index (χ4n) is 3.67. The number of carbonyl (C=O) groups excluding carboxylic acids is 1. The van der Waals surface area contributed by atoms with Crippen LogP contribution in [0.5, 0.6) is 11.5 Å². The summed E-state index contributed by atoms with van der Waals surface area (Å²) in [5, 5.41) is 12.1. The van der Waals surface area contributed by atoms with Crippen molar-refractivity contribution in [3.63, 3.8) is 0 Å². The van der Waals surface area contributed by atoms with Crippen molar-refractivity contribution in [2.75, 3.05) is 24.5 Å². The molecule has 1 saturated heterocycles. The average molecular weight is 456 g/mol. The number of nitrogens with one attached hydrogen (secondary N) is 1. The Morgan fingerprint density at radius 2 is 2.00 bits per heavy atom. The lowest BCUT2D eigenvalue weighted by Crippen LogP contribution is -2.18. The van der Waals surface area contributed by atoms with Crippen LogP contribution in [0.3, 0.4) is 0 Å². The standard InChI is InChI=1S/C22H21FN4O4S/c23-15-5-3-14(4-6-15)21-25-26-22(27(21)11-17-2-1-9-29-17)32-12-20(28)24-16-7-8-18-19(10-16)31-13-30-18/h3-8,10,17H,1-2,9,11-13H2,(H,24,28)/t17-/m1/s1. The Morgan fingerprint density at radius 1 is 1.16 bits per heavy atom. The number of amides is 1. The van der Waals surface area contributed by atoms with Crippen molar-refractivity contribution in [3.05, 3.63) is 48.3 Å². The Kier molecular flexibility index (Phi) is 5.95. The number of benzene rings is 2. The Balaban J connectivity index is 1.30. The van der Waals surface area contributed by atoms with Gasteiger partial charge in [0.1, 0.15) is 5.82 Å². The van der Waals surface area contributed by atoms with Gasteiger partial charge in [0.05, 0.1) is 18.4 Å². The number of rotatable bonds is 7. The first kappa shape index (κ1) is 20.8. The van der Waals surface area contributed by atoms with Crippen LogP contribution in [0, 0.1) is 5.82 Å². The number of hydrogen-bond acceptors (Lipinski definition) is 7. The first-order chi connectivity index (χ1) is 15.7. The summed E-state index contributed by atoms with van der Waals surface area (Å²) in [6.45, 7) is 1.49. The molecule has 166 valence electrons. The Hall–Kier alpha value is -3.11. The van der Waals surface area contributed by atoms with E-state index in [9.17, 15) is 9.18 Å². The Bertz CT molecular complexity index is 1120. The number of halogens is 1. The van der Waals surface area contributed by atoms with Gasteiger partial charge in [-0.25, -0.2) is 4.39 Å². The topological polar surface area (TPSA) is 87.5 Å². The summed E-state index contributed by atoms with van der Waals surface area (Å²) in [5.74, 6) is 1.56. The number of aromatic nitrogens is 3. The summed E-state index contributed by atoms with van der Waals surface area (Å²) in [6.07, 6.45) is 2.03. The quantitative estimate of drug-likeness (QED) is 0.542. The lowest BCUT2D eigenvalue weighted by atomic mass is 10.2. The van der Waals surface area contributed by atoms with Crippen molar-refractivity contribution in [2.24, 2.45) is 0 Å². The average Bonchev–Trinajstić information content (AvgIpc) is 3.54. The highest BCUT2D eigenvalue weighted by Gasteiger charge is 2.22. The molecule has 10 heteroatoms. The highest BCUT2D eigenvalue weighted by Crippen LogP contribution is 2.34. The fourth-order valence-corrected chi connectivity index (χ4v) is 4.41. The number of hydrogen-bond donors (Lipinski definition) is 1. The summed E-state index contributed by atoms with van der Waals surface area (Å²) >= 11 is 1.29. The minimum absolute atomic E-state index is 0.0620. The van der Waals surface area contributed by atoms with E-state index in [2.05, 4.69) is 15.5 Å². The predicted octanol–water partition coefficient (Wildman–Crippen LogP) is 3.72.